The Morgan fingerprint density at radius 2 is 1.97 bits per heavy atom. The second-order valence-corrected chi connectivity index (χ2v) is 7.11. The van der Waals surface area contributed by atoms with E-state index in [1.165, 1.54) is 7.05 Å². The van der Waals surface area contributed by atoms with E-state index in [2.05, 4.69) is 15.3 Å². The molecular formula is C21H21N5O3. The van der Waals surface area contributed by atoms with Crippen molar-refractivity contribution in [3.05, 3.63) is 54.0 Å². The number of carbonyl (C=O) groups excluding carboxylic acids is 3. The maximum absolute atomic E-state index is 12.8. The molecule has 4 rings (SSSR count). The van der Waals surface area contributed by atoms with Gasteiger partial charge in [-0.05, 0) is 44.0 Å². The number of nitrogens with one attached hydrogen (secondary N) is 1. The molecule has 0 bridgehead atoms. The van der Waals surface area contributed by atoms with E-state index in [1.807, 2.05) is 24.3 Å². The van der Waals surface area contributed by atoms with Gasteiger partial charge in [0.05, 0.1) is 5.69 Å². The Labute approximate surface area is 168 Å². The Bertz CT molecular complexity index is 1000. The number of rotatable bonds is 4. The topological polar surface area (TPSA) is 95.5 Å². The number of hydrogen-bond acceptors (Lipinski definition) is 6. The number of likely N-dealkylation sites (N-methyl/N-ethyl adjacent to an activating group) is 1. The van der Waals surface area contributed by atoms with Crippen LogP contribution in [0.4, 0.5) is 5.82 Å². The van der Waals surface area contributed by atoms with E-state index in [-0.39, 0.29) is 17.7 Å². The highest BCUT2D eigenvalue weighted by Crippen LogP contribution is 2.32. The first-order chi connectivity index (χ1) is 14.0. The fourth-order valence-corrected chi connectivity index (χ4v) is 3.66. The second-order valence-electron chi connectivity index (χ2n) is 7.11. The molecule has 8 heteroatoms. The summed E-state index contributed by atoms with van der Waals surface area (Å²) in [6.07, 6.45) is 4.64. The highest BCUT2D eigenvalue weighted by atomic mass is 16.2. The first-order valence-corrected chi connectivity index (χ1v) is 9.48. The molecule has 1 atom stereocenters. The van der Waals surface area contributed by atoms with Crippen LogP contribution >= 0.6 is 0 Å². The smallest absolute Gasteiger partial charge is 0.277 e. The van der Waals surface area contributed by atoms with Crippen molar-refractivity contribution in [2.75, 3.05) is 18.9 Å². The number of imide groups is 1. The lowest BCUT2D eigenvalue weighted by atomic mass is 10.0. The number of amides is 3. The van der Waals surface area contributed by atoms with Crippen LogP contribution in [-0.4, -0.2) is 57.1 Å². The molecule has 2 aliphatic rings. The lowest BCUT2D eigenvalue weighted by Gasteiger charge is -2.33. The Balaban J connectivity index is 1.49. The van der Waals surface area contributed by atoms with Gasteiger partial charge in [0, 0.05) is 37.1 Å². The molecule has 29 heavy (non-hydrogen) atoms. The van der Waals surface area contributed by atoms with E-state index in [4.69, 9.17) is 0 Å². The van der Waals surface area contributed by atoms with Gasteiger partial charge in [0.25, 0.3) is 11.8 Å². The Morgan fingerprint density at radius 3 is 2.66 bits per heavy atom. The van der Waals surface area contributed by atoms with E-state index in [0.29, 0.717) is 30.1 Å². The zero-order valence-electron chi connectivity index (χ0n) is 16.3. The standard InChI is InChI=1S/C21H21N5O3/c1-13(26-11-5-6-15-18(26)21(29)25(2)20(15)28)19(27)24-17-9-8-14(12-23-17)16-7-3-4-10-22-16/h3-4,7-10,12-13H,5-6,11H2,1-2H3,(H,23,24,27). The van der Waals surface area contributed by atoms with E-state index in [0.717, 1.165) is 22.6 Å². The van der Waals surface area contributed by atoms with Crippen LogP contribution in [0.25, 0.3) is 11.3 Å². The van der Waals surface area contributed by atoms with Crippen molar-refractivity contribution < 1.29 is 14.4 Å². The van der Waals surface area contributed by atoms with Crippen molar-refractivity contribution in [3.63, 3.8) is 0 Å². The summed E-state index contributed by atoms with van der Waals surface area (Å²) in [5.74, 6) is -0.485. The molecule has 2 aromatic rings. The van der Waals surface area contributed by atoms with E-state index in [1.54, 1.807) is 30.3 Å². The second kappa shape index (κ2) is 7.46. The zero-order valence-corrected chi connectivity index (χ0v) is 16.3. The van der Waals surface area contributed by atoms with Gasteiger partial charge in [-0.3, -0.25) is 24.3 Å². The van der Waals surface area contributed by atoms with Crippen LogP contribution in [0.3, 0.4) is 0 Å². The number of anilines is 1. The molecule has 4 heterocycles. The highest BCUT2D eigenvalue weighted by molar-refractivity contribution is 6.19. The average Bonchev–Trinajstić information content (AvgIpc) is 2.98. The van der Waals surface area contributed by atoms with Crippen LogP contribution in [0, 0.1) is 0 Å². The molecule has 0 spiro atoms. The van der Waals surface area contributed by atoms with Gasteiger partial charge in [-0.25, -0.2) is 4.98 Å². The maximum Gasteiger partial charge on any atom is 0.277 e. The van der Waals surface area contributed by atoms with Gasteiger partial charge in [0.1, 0.15) is 17.6 Å². The third kappa shape index (κ3) is 3.37. The van der Waals surface area contributed by atoms with Crippen LogP contribution in [0.2, 0.25) is 0 Å². The van der Waals surface area contributed by atoms with Crippen LogP contribution in [0.5, 0.6) is 0 Å². The van der Waals surface area contributed by atoms with E-state index in [9.17, 15) is 14.4 Å². The fourth-order valence-electron chi connectivity index (χ4n) is 3.66. The summed E-state index contributed by atoms with van der Waals surface area (Å²) in [6.45, 7) is 2.27. The monoisotopic (exact) mass is 391 g/mol. The average molecular weight is 391 g/mol. The third-order valence-corrected chi connectivity index (χ3v) is 5.29. The van der Waals surface area contributed by atoms with Crippen LogP contribution in [0.15, 0.2) is 54.0 Å². The molecule has 1 unspecified atom stereocenters. The number of nitrogens with zero attached hydrogens (tertiary/aromatic N) is 4. The maximum atomic E-state index is 12.8. The van der Waals surface area contributed by atoms with Crippen molar-refractivity contribution in [2.24, 2.45) is 0 Å². The minimum atomic E-state index is -0.610. The van der Waals surface area contributed by atoms with Crippen molar-refractivity contribution in [3.8, 4) is 11.3 Å². The van der Waals surface area contributed by atoms with Crippen LogP contribution in [-0.2, 0) is 14.4 Å². The third-order valence-electron chi connectivity index (χ3n) is 5.29. The molecule has 0 fully saturated rings. The number of aromatic nitrogens is 2. The number of carbonyl (C=O) groups is 3. The summed E-state index contributed by atoms with van der Waals surface area (Å²) in [5, 5.41) is 2.79. The molecular weight excluding hydrogens is 370 g/mol. The van der Waals surface area contributed by atoms with Crippen LogP contribution in [0.1, 0.15) is 19.8 Å². The minimum absolute atomic E-state index is 0.269. The normalized spacial score (nSPS) is 17.4. The van der Waals surface area contributed by atoms with Gasteiger partial charge in [0.15, 0.2) is 0 Å². The first-order valence-electron chi connectivity index (χ1n) is 9.48. The predicted octanol–water partition coefficient (Wildman–Crippen LogP) is 1.82. The Kier molecular flexibility index (Phi) is 4.84. The van der Waals surface area contributed by atoms with Gasteiger partial charge in [-0.1, -0.05) is 6.07 Å². The summed E-state index contributed by atoms with van der Waals surface area (Å²) in [6, 6.07) is 8.57. The van der Waals surface area contributed by atoms with E-state index < -0.39 is 6.04 Å². The summed E-state index contributed by atoms with van der Waals surface area (Å²) >= 11 is 0. The molecule has 1 N–H and O–H groups in total. The quantitative estimate of drug-likeness (QED) is 0.799. The van der Waals surface area contributed by atoms with Gasteiger partial charge in [0.2, 0.25) is 5.91 Å². The van der Waals surface area contributed by atoms with Gasteiger partial charge in [-0.15, -0.1) is 0 Å². The predicted molar refractivity (Wildman–Crippen MR) is 106 cm³/mol. The summed E-state index contributed by atoms with van der Waals surface area (Å²) in [5.41, 5.74) is 2.50. The first kappa shape index (κ1) is 18.8. The molecule has 2 aromatic heterocycles. The molecule has 8 nitrogen and oxygen atoms in total. The number of hydrogen-bond donors (Lipinski definition) is 1. The van der Waals surface area contributed by atoms with Crippen molar-refractivity contribution in [1.82, 2.24) is 19.8 Å². The number of pyridine rings is 2. The lowest BCUT2D eigenvalue weighted by molar-refractivity contribution is -0.136. The molecule has 3 amide bonds. The lowest BCUT2D eigenvalue weighted by Crippen LogP contribution is -2.45. The largest absolute Gasteiger partial charge is 0.355 e. The molecule has 0 aromatic carbocycles. The Hall–Kier alpha value is -3.55. The molecule has 0 saturated heterocycles. The molecule has 148 valence electrons. The van der Waals surface area contributed by atoms with Gasteiger partial charge in [-0.2, -0.15) is 0 Å². The van der Waals surface area contributed by atoms with Crippen molar-refractivity contribution in [2.45, 2.75) is 25.8 Å². The van der Waals surface area contributed by atoms with Gasteiger partial charge >= 0.3 is 0 Å². The SMILES string of the molecule is CC(C(=O)Nc1ccc(-c2ccccn2)cn1)N1CCCC2=C1C(=O)N(C)C2=O. The van der Waals surface area contributed by atoms with Crippen molar-refractivity contribution >= 4 is 23.5 Å². The molecule has 0 aliphatic carbocycles. The van der Waals surface area contributed by atoms with E-state index >= 15 is 0 Å². The van der Waals surface area contributed by atoms with Crippen molar-refractivity contribution in [1.29, 1.82) is 0 Å². The summed E-state index contributed by atoms with van der Waals surface area (Å²) < 4.78 is 0. The molecule has 2 aliphatic heterocycles. The van der Waals surface area contributed by atoms with Crippen LogP contribution < -0.4 is 5.32 Å². The Morgan fingerprint density at radius 1 is 1.14 bits per heavy atom. The molecule has 0 radical (unpaired) electrons. The fraction of sp³-hybridized carbons (Fsp3) is 0.286. The van der Waals surface area contributed by atoms with Gasteiger partial charge < -0.3 is 10.2 Å². The summed E-state index contributed by atoms with van der Waals surface area (Å²) in [7, 11) is 1.47. The highest BCUT2D eigenvalue weighted by Gasteiger charge is 2.42. The molecule has 0 saturated carbocycles. The minimum Gasteiger partial charge on any atom is -0.355 e. The zero-order chi connectivity index (χ0) is 20.5. The summed E-state index contributed by atoms with van der Waals surface area (Å²) in [4.78, 5) is 48.9.